The second kappa shape index (κ2) is 7.59. The number of likely N-dealkylation sites (N-methyl/N-ethyl adjacent to an activating group) is 1. The topological polar surface area (TPSA) is 96.7 Å². The third-order valence-corrected chi connectivity index (χ3v) is 5.72. The van der Waals surface area contributed by atoms with E-state index in [0.29, 0.717) is 22.1 Å². The Morgan fingerprint density at radius 2 is 1.97 bits per heavy atom. The number of rotatable bonds is 4. The molecule has 0 atom stereocenters. The van der Waals surface area contributed by atoms with Crippen molar-refractivity contribution in [2.75, 3.05) is 12.4 Å². The molecule has 0 saturated carbocycles. The first-order valence-corrected chi connectivity index (χ1v) is 10.2. The van der Waals surface area contributed by atoms with Gasteiger partial charge in [0.15, 0.2) is 0 Å². The summed E-state index contributed by atoms with van der Waals surface area (Å²) in [7, 11) is -3.08. The molecule has 0 aliphatic carbocycles. The zero-order valence-electron chi connectivity index (χ0n) is 16.2. The Bertz CT molecular complexity index is 1170. The van der Waals surface area contributed by atoms with Crippen molar-refractivity contribution in [1.29, 1.82) is 0 Å². The van der Waals surface area contributed by atoms with Crippen LogP contribution >= 0.6 is 0 Å². The molecule has 0 fully saturated rings. The highest BCUT2D eigenvalue weighted by atomic mass is 32.2. The molecule has 1 aromatic carbocycles. The lowest BCUT2D eigenvalue weighted by atomic mass is 10.1. The largest absolute Gasteiger partial charge is 0.416 e. The molecule has 1 aromatic heterocycles. The quantitative estimate of drug-likeness (QED) is 0.789. The van der Waals surface area contributed by atoms with Crippen LogP contribution in [0.5, 0.6) is 0 Å². The molecule has 1 aliphatic heterocycles. The third-order valence-electron chi connectivity index (χ3n) is 4.40. The van der Waals surface area contributed by atoms with Crippen molar-refractivity contribution in [2.24, 2.45) is 4.40 Å². The Balaban J connectivity index is 1.97. The summed E-state index contributed by atoms with van der Waals surface area (Å²) in [6.45, 7) is 4.08. The lowest BCUT2D eigenvalue weighted by Crippen LogP contribution is -2.35. The molecule has 2 heterocycles. The Hall–Kier alpha value is -3.15. The van der Waals surface area contributed by atoms with Gasteiger partial charge in [-0.3, -0.25) is 9.48 Å². The van der Waals surface area contributed by atoms with Gasteiger partial charge in [-0.15, -0.1) is 4.40 Å². The van der Waals surface area contributed by atoms with Crippen LogP contribution in [0.3, 0.4) is 0 Å². The lowest BCUT2D eigenvalue weighted by molar-refractivity contribution is -0.137. The molecule has 1 N–H and O–H groups in total. The summed E-state index contributed by atoms with van der Waals surface area (Å²) in [4.78, 5) is 12.7. The number of anilines is 1. The van der Waals surface area contributed by atoms with E-state index in [1.54, 1.807) is 17.8 Å². The molecule has 30 heavy (non-hydrogen) atoms. The minimum absolute atomic E-state index is 0.0134. The number of nitrogens with one attached hydrogen (secondary N) is 1. The molecular weight excluding hydrogens is 423 g/mol. The summed E-state index contributed by atoms with van der Waals surface area (Å²) < 4.78 is 69.6. The first-order chi connectivity index (χ1) is 13.9. The van der Waals surface area contributed by atoms with Crippen LogP contribution < -0.4 is 5.32 Å². The average Bonchev–Trinajstić information content (AvgIpc) is 3.04. The Kier molecular flexibility index (Phi) is 5.46. The van der Waals surface area contributed by atoms with Gasteiger partial charge in [0, 0.05) is 31.0 Å². The monoisotopic (exact) mass is 441 g/mol. The van der Waals surface area contributed by atoms with E-state index in [1.807, 2.05) is 6.92 Å². The van der Waals surface area contributed by atoms with Crippen molar-refractivity contribution in [2.45, 2.75) is 26.6 Å². The van der Waals surface area contributed by atoms with Crippen molar-refractivity contribution < 1.29 is 26.4 Å². The van der Waals surface area contributed by atoms with E-state index in [4.69, 9.17) is 0 Å². The number of hydrogen-bond acceptors (Lipinski definition) is 4. The van der Waals surface area contributed by atoms with Crippen molar-refractivity contribution in [1.82, 2.24) is 14.1 Å². The molecule has 8 nitrogen and oxygen atoms in total. The average molecular weight is 441 g/mol. The Labute approximate surface area is 170 Å². The highest BCUT2D eigenvalue weighted by Crippen LogP contribution is 2.31. The summed E-state index contributed by atoms with van der Waals surface area (Å²) in [6, 6.07) is 4.05. The normalized spacial score (nSPS) is 16.1. The van der Waals surface area contributed by atoms with Gasteiger partial charge in [0.1, 0.15) is 5.70 Å². The highest BCUT2D eigenvalue weighted by Gasteiger charge is 2.32. The molecule has 0 unspecified atom stereocenters. The zero-order chi connectivity index (χ0) is 22.3. The number of carbonyl (C=O) groups excluding carboxylic acids is 1. The van der Waals surface area contributed by atoms with Gasteiger partial charge in [-0.25, -0.2) is 4.31 Å². The van der Waals surface area contributed by atoms with Crippen LogP contribution in [0.1, 0.15) is 23.7 Å². The molecule has 1 amide bonds. The predicted octanol–water partition coefficient (Wildman–Crippen LogP) is 2.73. The number of aromatic nitrogens is 2. The molecule has 0 spiro atoms. The van der Waals surface area contributed by atoms with Gasteiger partial charge >= 0.3 is 16.4 Å². The van der Waals surface area contributed by atoms with Crippen LogP contribution in [0.25, 0.3) is 0 Å². The molecule has 2 aromatic rings. The maximum Gasteiger partial charge on any atom is 0.416 e. The number of amides is 1. The van der Waals surface area contributed by atoms with Crippen molar-refractivity contribution in [3.05, 3.63) is 59.1 Å². The minimum atomic E-state index is -4.58. The second-order valence-corrected chi connectivity index (χ2v) is 8.09. The van der Waals surface area contributed by atoms with Crippen molar-refractivity contribution in [3.8, 4) is 0 Å². The Morgan fingerprint density at radius 1 is 1.27 bits per heavy atom. The summed E-state index contributed by atoms with van der Waals surface area (Å²) in [5.41, 5.74) is -0.396. The first kappa shape index (κ1) is 21.6. The van der Waals surface area contributed by atoms with E-state index in [-0.39, 0.29) is 17.1 Å². The van der Waals surface area contributed by atoms with Crippen LogP contribution in [-0.2, 0) is 27.7 Å². The zero-order valence-corrected chi connectivity index (χ0v) is 17.0. The Morgan fingerprint density at radius 3 is 2.57 bits per heavy atom. The lowest BCUT2D eigenvalue weighted by Gasteiger charge is -2.23. The van der Waals surface area contributed by atoms with Crippen LogP contribution in [0.2, 0.25) is 0 Å². The second-order valence-electron chi connectivity index (χ2n) is 6.47. The van der Waals surface area contributed by atoms with Crippen LogP contribution in [0, 0.1) is 6.92 Å². The van der Waals surface area contributed by atoms with E-state index < -0.39 is 27.9 Å². The summed E-state index contributed by atoms with van der Waals surface area (Å²) in [5.74, 6) is -0.895. The number of allylic oxidation sites excluding steroid dienone is 1. The molecule has 3 rings (SSSR count). The van der Waals surface area contributed by atoms with Crippen molar-refractivity contribution >= 4 is 27.5 Å². The number of benzene rings is 1. The standard InChI is InChI=1S/C18H18F3N5O3S/c1-4-26-10-14(11(2)23-26)15-9-16(25(3)30(28,29)24-15)17(27)22-13-7-5-6-12(8-13)18(19,20)21/h5-10H,4H2,1-3H3,(H,22,27). The van der Waals surface area contributed by atoms with Gasteiger partial charge in [-0.05, 0) is 38.1 Å². The minimum Gasteiger partial charge on any atom is -0.321 e. The van der Waals surface area contributed by atoms with Gasteiger partial charge in [0.05, 0.1) is 17.0 Å². The van der Waals surface area contributed by atoms with Gasteiger partial charge in [0.25, 0.3) is 5.91 Å². The van der Waals surface area contributed by atoms with Gasteiger partial charge in [-0.1, -0.05) is 6.07 Å². The van der Waals surface area contributed by atoms with E-state index >= 15 is 0 Å². The third kappa shape index (κ3) is 4.22. The van der Waals surface area contributed by atoms with Crippen LogP contribution in [-0.4, -0.2) is 41.2 Å². The van der Waals surface area contributed by atoms with E-state index in [1.165, 1.54) is 12.1 Å². The van der Waals surface area contributed by atoms with Crippen LogP contribution in [0.15, 0.2) is 46.6 Å². The fourth-order valence-electron chi connectivity index (χ4n) is 2.79. The highest BCUT2D eigenvalue weighted by molar-refractivity contribution is 7.88. The van der Waals surface area contributed by atoms with E-state index in [0.717, 1.165) is 25.2 Å². The molecule has 0 saturated heterocycles. The summed E-state index contributed by atoms with van der Waals surface area (Å²) in [6.07, 6.45) is -1.72. The van der Waals surface area contributed by atoms with Crippen LogP contribution in [0.4, 0.5) is 18.9 Å². The number of alkyl halides is 3. The van der Waals surface area contributed by atoms with Gasteiger partial charge in [-0.2, -0.15) is 26.7 Å². The molecule has 12 heteroatoms. The number of nitrogens with zero attached hydrogens (tertiary/aromatic N) is 4. The molecular formula is C18H18F3N5O3S. The fraction of sp³-hybridized carbons (Fsp3) is 0.278. The van der Waals surface area contributed by atoms with Crippen molar-refractivity contribution in [3.63, 3.8) is 0 Å². The smallest absolute Gasteiger partial charge is 0.321 e. The molecule has 0 radical (unpaired) electrons. The summed E-state index contributed by atoms with van der Waals surface area (Å²) in [5, 5.41) is 6.54. The SMILES string of the molecule is CCn1cc(C2=NS(=O)(=O)N(C)C(C(=O)Nc3cccc(C(F)(F)F)c3)=C2)c(C)n1. The van der Waals surface area contributed by atoms with Gasteiger partial charge in [0.2, 0.25) is 0 Å². The maximum atomic E-state index is 12.9. The molecule has 0 bridgehead atoms. The summed E-state index contributed by atoms with van der Waals surface area (Å²) >= 11 is 0. The van der Waals surface area contributed by atoms with E-state index in [9.17, 15) is 26.4 Å². The molecule has 160 valence electrons. The number of halogens is 3. The predicted molar refractivity (Wildman–Crippen MR) is 104 cm³/mol. The number of carbonyl (C=O) groups is 1. The fourth-order valence-corrected chi connectivity index (χ4v) is 3.70. The first-order valence-electron chi connectivity index (χ1n) is 8.76. The molecule has 1 aliphatic rings. The number of aryl methyl sites for hydroxylation is 2. The number of hydrogen-bond donors (Lipinski definition) is 1. The maximum absolute atomic E-state index is 12.9. The van der Waals surface area contributed by atoms with Gasteiger partial charge < -0.3 is 5.32 Å². The van der Waals surface area contributed by atoms with E-state index in [2.05, 4.69) is 14.8 Å².